The van der Waals surface area contributed by atoms with Crippen LogP contribution in [-0.4, -0.2) is 62.0 Å². The van der Waals surface area contributed by atoms with Crippen LogP contribution < -0.4 is 10.1 Å². The maximum Gasteiger partial charge on any atom is 0.416 e. The van der Waals surface area contributed by atoms with Crippen LogP contribution in [0.3, 0.4) is 0 Å². The Labute approximate surface area is 162 Å². The monoisotopic (exact) mass is 404 g/mol. The lowest BCUT2D eigenvalue weighted by Gasteiger charge is -2.35. The van der Waals surface area contributed by atoms with E-state index in [0.29, 0.717) is 13.1 Å². The van der Waals surface area contributed by atoms with E-state index in [1.165, 1.54) is 13.2 Å². The number of piperidine rings is 1. The molecule has 1 heterocycles. The Morgan fingerprint density at radius 2 is 2.14 bits per heavy atom. The number of amides is 1. The highest BCUT2D eigenvalue weighted by Gasteiger charge is 2.32. The van der Waals surface area contributed by atoms with E-state index in [0.717, 1.165) is 25.0 Å². The molecule has 2 unspecified atom stereocenters. The zero-order chi connectivity index (χ0) is 20.7. The van der Waals surface area contributed by atoms with Crippen LogP contribution in [0.25, 0.3) is 0 Å². The summed E-state index contributed by atoms with van der Waals surface area (Å²) in [6, 6.07) is 2.44. The van der Waals surface area contributed by atoms with Gasteiger partial charge in [0, 0.05) is 20.3 Å². The van der Waals surface area contributed by atoms with Crippen LogP contribution in [0.15, 0.2) is 18.2 Å². The van der Waals surface area contributed by atoms with Crippen LogP contribution in [0.4, 0.5) is 18.9 Å². The van der Waals surface area contributed by atoms with Gasteiger partial charge in [0.05, 0.1) is 23.9 Å². The first-order valence-electron chi connectivity index (χ1n) is 9.25. The van der Waals surface area contributed by atoms with Crippen LogP contribution in [0.1, 0.15) is 25.3 Å². The van der Waals surface area contributed by atoms with Crippen molar-refractivity contribution in [3.63, 3.8) is 0 Å². The van der Waals surface area contributed by atoms with Crippen molar-refractivity contribution >= 4 is 11.6 Å². The summed E-state index contributed by atoms with van der Waals surface area (Å²) in [6.45, 7) is 3.44. The summed E-state index contributed by atoms with van der Waals surface area (Å²) in [7, 11) is 1.48. The third-order valence-electron chi connectivity index (χ3n) is 4.85. The van der Waals surface area contributed by atoms with Crippen LogP contribution in [0.2, 0.25) is 0 Å². The fraction of sp³-hybridized carbons (Fsp3) is 0.632. The SMILES string of the molecule is COCCOc1ccc(C(F)(F)F)cc1NC(=O)C(C)N1CCCC(CO)C1. The van der Waals surface area contributed by atoms with Gasteiger partial charge in [0.1, 0.15) is 12.4 Å². The molecule has 1 aliphatic heterocycles. The Hall–Kier alpha value is -1.84. The smallest absolute Gasteiger partial charge is 0.416 e. The first-order valence-corrected chi connectivity index (χ1v) is 9.25. The number of likely N-dealkylation sites (tertiary alicyclic amines) is 1. The molecule has 2 N–H and O–H groups in total. The molecule has 28 heavy (non-hydrogen) atoms. The fourth-order valence-electron chi connectivity index (χ4n) is 3.17. The average molecular weight is 404 g/mol. The first-order chi connectivity index (χ1) is 13.3. The lowest BCUT2D eigenvalue weighted by atomic mass is 9.97. The molecule has 1 saturated heterocycles. The van der Waals surface area contributed by atoms with E-state index in [1.807, 2.05) is 4.90 Å². The standard InChI is InChI=1S/C19H27F3N2O4/c1-13(24-7-3-4-14(11-24)12-25)18(26)23-16-10-15(19(20,21)22)5-6-17(16)28-9-8-27-2/h5-6,10,13-14,25H,3-4,7-9,11-12H2,1-2H3,(H,23,26). The van der Waals surface area contributed by atoms with Crippen molar-refractivity contribution in [3.05, 3.63) is 23.8 Å². The second-order valence-corrected chi connectivity index (χ2v) is 6.90. The number of methoxy groups -OCH3 is 1. The summed E-state index contributed by atoms with van der Waals surface area (Å²) >= 11 is 0. The molecular weight excluding hydrogens is 377 g/mol. The maximum atomic E-state index is 13.1. The summed E-state index contributed by atoms with van der Waals surface area (Å²) in [5.74, 6) is -0.169. The Bertz CT molecular complexity index is 655. The number of halogens is 3. The number of carbonyl (C=O) groups is 1. The largest absolute Gasteiger partial charge is 0.489 e. The fourth-order valence-corrected chi connectivity index (χ4v) is 3.17. The minimum absolute atomic E-state index is 0.0292. The average Bonchev–Trinajstić information content (AvgIpc) is 2.67. The highest BCUT2D eigenvalue weighted by Crippen LogP contribution is 2.35. The predicted octanol–water partition coefficient (Wildman–Crippen LogP) is 2.76. The molecular formula is C19H27F3N2O4. The number of aliphatic hydroxyl groups excluding tert-OH is 1. The number of hydrogen-bond donors (Lipinski definition) is 2. The quantitative estimate of drug-likeness (QED) is 0.652. The zero-order valence-electron chi connectivity index (χ0n) is 16.1. The summed E-state index contributed by atoms with van der Waals surface area (Å²) in [4.78, 5) is 14.6. The highest BCUT2D eigenvalue weighted by molar-refractivity contribution is 5.96. The van der Waals surface area contributed by atoms with Gasteiger partial charge in [0.15, 0.2) is 0 Å². The van der Waals surface area contributed by atoms with Crippen molar-refractivity contribution in [1.82, 2.24) is 4.90 Å². The number of aliphatic hydroxyl groups is 1. The Morgan fingerprint density at radius 3 is 2.79 bits per heavy atom. The van der Waals surface area contributed by atoms with Crippen molar-refractivity contribution in [1.29, 1.82) is 0 Å². The Kier molecular flexibility index (Phi) is 8.09. The van der Waals surface area contributed by atoms with Crippen LogP contribution in [-0.2, 0) is 15.7 Å². The van der Waals surface area contributed by atoms with Crippen molar-refractivity contribution in [2.24, 2.45) is 5.92 Å². The van der Waals surface area contributed by atoms with Gasteiger partial charge in [0.25, 0.3) is 0 Å². The normalized spacial score (nSPS) is 19.3. The first kappa shape index (κ1) is 22.4. The van der Waals surface area contributed by atoms with Crippen molar-refractivity contribution < 1.29 is 32.5 Å². The number of nitrogens with zero attached hydrogens (tertiary/aromatic N) is 1. The van der Waals surface area contributed by atoms with Gasteiger partial charge in [-0.1, -0.05) is 0 Å². The van der Waals surface area contributed by atoms with Crippen molar-refractivity contribution in [2.45, 2.75) is 32.0 Å². The van der Waals surface area contributed by atoms with E-state index in [1.54, 1.807) is 6.92 Å². The number of alkyl halides is 3. The van der Waals surface area contributed by atoms with Gasteiger partial charge in [-0.05, 0) is 50.4 Å². The van der Waals surface area contributed by atoms with Crippen LogP contribution in [0, 0.1) is 5.92 Å². The number of ether oxygens (including phenoxy) is 2. The van der Waals surface area contributed by atoms with E-state index in [9.17, 15) is 23.1 Å². The molecule has 9 heteroatoms. The number of carbonyl (C=O) groups excluding carboxylic acids is 1. The van der Waals surface area contributed by atoms with E-state index in [2.05, 4.69) is 5.32 Å². The molecule has 0 aliphatic carbocycles. The van der Waals surface area contributed by atoms with Gasteiger partial charge in [-0.2, -0.15) is 13.2 Å². The lowest BCUT2D eigenvalue weighted by molar-refractivity contribution is -0.137. The number of nitrogens with one attached hydrogen (secondary N) is 1. The maximum absolute atomic E-state index is 13.1. The van der Waals surface area contributed by atoms with E-state index >= 15 is 0 Å². The van der Waals surface area contributed by atoms with Gasteiger partial charge < -0.3 is 19.9 Å². The molecule has 0 bridgehead atoms. The molecule has 0 spiro atoms. The molecule has 0 radical (unpaired) electrons. The van der Waals surface area contributed by atoms with Gasteiger partial charge >= 0.3 is 6.18 Å². The number of hydrogen-bond acceptors (Lipinski definition) is 5. The molecule has 2 atom stereocenters. The third kappa shape index (κ3) is 6.08. The lowest BCUT2D eigenvalue weighted by Crippen LogP contribution is -2.47. The molecule has 0 aromatic heterocycles. The number of anilines is 1. The molecule has 1 aromatic carbocycles. The van der Waals surface area contributed by atoms with E-state index in [4.69, 9.17) is 9.47 Å². The molecule has 0 saturated carbocycles. The van der Waals surface area contributed by atoms with Gasteiger partial charge in [0.2, 0.25) is 5.91 Å². The van der Waals surface area contributed by atoms with Crippen LogP contribution >= 0.6 is 0 Å². The summed E-state index contributed by atoms with van der Waals surface area (Å²) in [6.07, 6.45) is -2.78. The molecule has 158 valence electrons. The second-order valence-electron chi connectivity index (χ2n) is 6.90. The number of rotatable bonds is 8. The second kappa shape index (κ2) is 10.1. The van der Waals surface area contributed by atoms with Gasteiger partial charge in [-0.15, -0.1) is 0 Å². The molecule has 2 rings (SSSR count). The Balaban J connectivity index is 2.15. The van der Waals surface area contributed by atoms with E-state index in [-0.39, 0.29) is 37.2 Å². The molecule has 1 fully saturated rings. The summed E-state index contributed by atoms with van der Waals surface area (Å²) < 4.78 is 49.5. The highest BCUT2D eigenvalue weighted by atomic mass is 19.4. The summed E-state index contributed by atoms with van der Waals surface area (Å²) in [5, 5.41) is 11.9. The minimum atomic E-state index is -4.53. The van der Waals surface area contributed by atoms with Gasteiger partial charge in [-0.25, -0.2) is 0 Å². The molecule has 6 nitrogen and oxygen atoms in total. The molecule has 1 aromatic rings. The predicted molar refractivity (Wildman–Crippen MR) is 98.3 cm³/mol. The summed E-state index contributed by atoms with van der Waals surface area (Å²) in [5.41, 5.74) is -0.897. The third-order valence-corrected chi connectivity index (χ3v) is 4.85. The zero-order valence-corrected chi connectivity index (χ0v) is 16.1. The van der Waals surface area contributed by atoms with E-state index < -0.39 is 23.7 Å². The van der Waals surface area contributed by atoms with Crippen molar-refractivity contribution in [3.8, 4) is 5.75 Å². The molecule has 1 amide bonds. The minimum Gasteiger partial charge on any atom is -0.489 e. The van der Waals surface area contributed by atoms with Crippen molar-refractivity contribution in [2.75, 3.05) is 45.3 Å². The Morgan fingerprint density at radius 1 is 1.39 bits per heavy atom. The number of benzene rings is 1. The van der Waals surface area contributed by atoms with Gasteiger partial charge in [-0.3, -0.25) is 9.69 Å². The van der Waals surface area contributed by atoms with Crippen LogP contribution in [0.5, 0.6) is 5.75 Å². The molecule has 1 aliphatic rings. The topological polar surface area (TPSA) is 71.0 Å².